The third kappa shape index (κ3) is 3.27. The summed E-state index contributed by atoms with van der Waals surface area (Å²) in [6.07, 6.45) is 3.72. The molecule has 1 aromatic heterocycles. The van der Waals surface area contributed by atoms with Crippen molar-refractivity contribution < 1.29 is 9.59 Å². The SMILES string of the molecule is Cn1cc([C@H]2CNC[C@@H]2C(=O)Nc2ccc(C(N)=O)c(Cl)c2)cn1. The highest BCUT2D eigenvalue weighted by Crippen LogP contribution is 2.29. The van der Waals surface area contributed by atoms with Gasteiger partial charge in [-0.2, -0.15) is 5.10 Å². The van der Waals surface area contributed by atoms with Crippen LogP contribution in [0.4, 0.5) is 5.69 Å². The zero-order chi connectivity index (χ0) is 17.3. The molecule has 0 bridgehead atoms. The maximum Gasteiger partial charge on any atom is 0.250 e. The molecule has 2 atom stereocenters. The van der Waals surface area contributed by atoms with E-state index in [2.05, 4.69) is 15.7 Å². The third-order valence-corrected chi connectivity index (χ3v) is 4.52. The second-order valence-electron chi connectivity index (χ2n) is 5.87. The second kappa shape index (κ2) is 6.62. The number of nitrogens with zero attached hydrogens (tertiary/aromatic N) is 2. The zero-order valence-electron chi connectivity index (χ0n) is 13.1. The predicted octanol–water partition coefficient (Wildman–Crippen LogP) is 1.11. The normalized spacial score (nSPS) is 20.1. The number of carbonyl (C=O) groups excluding carboxylic acids is 2. The van der Waals surface area contributed by atoms with E-state index in [1.54, 1.807) is 16.9 Å². The number of hydrogen-bond acceptors (Lipinski definition) is 4. The highest BCUT2D eigenvalue weighted by molar-refractivity contribution is 6.34. The van der Waals surface area contributed by atoms with Crippen LogP contribution < -0.4 is 16.4 Å². The fourth-order valence-corrected chi connectivity index (χ4v) is 3.24. The Morgan fingerprint density at radius 2 is 2.21 bits per heavy atom. The number of rotatable bonds is 4. The molecule has 7 nitrogen and oxygen atoms in total. The van der Waals surface area contributed by atoms with E-state index in [1.165, 1.54) is 12.1 Å². The molecule has 0 saturated carbocycles. The predicted molar refractivity (Wildman–Crippen MR) is 90.9 cm³/mol. The summed E-state index contributed by atoms with van der Waals surface area (Å²) in [5, 5.41) is 10.5. The summed E-state index contributed by atoms with van der Waals surface area (Å²) >= 11 is 6.02. The van der Waals surface area contributed by atoms with Crippen LogP contribution >= 0.6 is 11.6 Å². The van der Waals surface area contributed by atoms with Gasteiger partial charge in [0.15, 0.2) is 0 Å². The van der Waals surface area contributed by atoms with Crippen molar-refractivity contribution in [3.63, 3.8) is 0 Å². The molecule has 8 heteroatoms. The number of benzene rings is 1. The van der Waals surface area contributed by atoms with Crippen molar-refractivity contribution in [1.82, 2.24) is 15.1 Å². The van der Waals surface area contributed by atoms with Crippen LogP contribution in [0.15, 0.2) is 30.6 Å². The van der Waals surface area contributed by atoms with Gasteiger partial charge in [-0.1, -0.05) is 11.6 Å². The van der Waals surface area contributed by atoms with E-state index in [4.69, 9.17) is 17.3 Å². The van der Waals surface area contributed by atoms with Crippen molar-refractivity contribution in [3.05, 3.63) is 46.7 Å². The molecule has 0 aliphatic carbocycles. The molecule has 2 aromatic rings. The monoisotopic (exact) mass is 347 g/mol. The molecule has 1 aliphatic rings. The first kappa shape index (κ1) is 16.5. The molecule has 0 radical (unpaired) electrons. The van der Waals surface area contributed by atoms with Crippen molar-refractivity contribution in [1.29, 1.82) is 0 Å². The van der Waals surface area contributed by atoms with Gasteiger partial charge in [-0.05, 0) is 23.8 Å². The first-order valence-corrected chi connectivity index (χ1v) is 7.93. The van der Waals surface area contributed by atoms with Crippen LogP contribution in [0, 0.1) is 5.92 Å². The van der Waals surface area contributed by atoms with Gasteiger partial charge in [0, 0.05) is 37.9 Å². The Morgan fingerprint density at radius 1 is 1.42 bits per heavy atom. The van der Waals surface area contributed by atoms with Gasteiger partial charge in [-0.25, -0.2) is 0 Å². The van der Waals surface area contributed by atoms with Crippen molar-refractivity contribution in [2.45, 2.75) is 5.92 Å². The Kier molecular flexibility index (Phi) is 4.55. The van der Waals surface area contributed by atoms with Gasteiger partial charge in [-0.3, -0.25) is 14.3 Å². The summed E-state index contributed by atoms with van der Waals surface area (Å²) in [4.78, 5) is 23.8. The second-order valence-corrected chi connectivity index (χ2v) is 6.27. The molecule has 2 amide bonds. The smallest absolute Gasteiger partial charge is 0.250 e. The summed E-state index contributed by atoms with van der Waals surface area (Å²) < 4.78 is 1.73. The molecule has 1 saturated heterocycles. The fourth-order valence-electron chi connectivity index (χ4n) is 2.96. The van der Waals surface area contributed by atoms with E-state index < -0.39 is 5.91 Å². The lowest BCUT2D eigenvalue weighted by atomic mass is 9.90. The summed E-state index contributed by atoms with van der Waals surface area (Å²) in [5.41, 5.74) is 7.02. The van der Waals surface area contributed by atoms with Gasteiger partial charge < -0.3 is 16.4 Å². The van der Waals surface area contributed by atoms with Crippen LogP contribution in [0.2, 0.25) is 5.02 Å². The van der Waals surface area contributed by atoms with E-state index in [0.717, 1.165) is 12.1 Å². The van der Waals surface area contributed by atoms with E-state index in [0.29, 0.717) is 12.2 Å². The maximum absolute atomic E-state index is 12.6. The van der Waals surface area contributed by atoms with E-state index in [1.807, 2.05) is 13.2 Å². The number of anilines is 1. The molecule has 0 spiro atoms. The number of hydrogen-bond donors (Lipinski definition) is 3. The van der Waals surface area contributed by atoms with Crippen molar-refractivity contribution >= 4 is 29.1 Å². The fraction of sp³-hybridized carbons (Fsp3) is 0.312. The van der Waals surface area contributed by atoms with Crippen LogP contribution in [0.1, 0.15) is 21.8 Å². The molecule has 3 rings (SSSR count). The van der Waals surface area contributed by atoms with Gasteiger partial charge in [0.2, 0.25) is 11.8 Å². The minimum absolute atomic E-state index is 0.0686. The minimum Gasteiger partial charge on any atom is -0.366 e. The Bertz CT molecular complexity index is 789. The Labute approximate surface area is 144 Å². The van der Waals surface area contributed by atoms with E-state index in [-0.39, 0.29) is 28.3 Å². The highest BCUT2D eigenvalue weighted by atomic mass is 35.5. The maximum atomic E-state index is 12.6. The summed E-state index contributed by atoms with van der Waals surface area (Å²) in [5.74, 6) is -0.839. The molecule has 1 aromatic carbocycles. The summed E-state index contributed by atoms with van der Waals surface area (Å²) in [6, 6.07) is 4.65. The lowest BCUT2D eigenvalue weighted by molar-refractivity contribution is -0.119. The number of aromatic nitrogens is 2. The van der Waals surface area contributed by atoms with Crippen LogP contribution in [0.3, 0.4) is 0 Å². The molecule has 1 aliphatic heterocycles. The number of nitrogens with one attached hydrogen (secondary N) is 2. The van der Waals surface area contributed by atoms with Gasteiger partial charge in [0.25, 0.3) is 0 Å². The number of nitrogens with two attached hydrogens (primary N) is 1. The number of primary amides is 1. The third-order valence-electron chi connectivity index (χ3n) is 4.21. The standard InChI is InChI=1S/C16H18ClN5O2/c1-22-8-9(5-20-22)12-6-19-7-13(12)16(24)21-10-2-3-11(15(18)23)14(17)4-10/h2-5,8,12-13,19H,6-7H2,1H3,(H2,18,23)(H,21,24)/t12-,13+/m1/s1. The molecular weight excluding hydrogens is 330 g/mol. The van der Waals surface area contributed by atoms with E-state index in [9.17, 15) is 9.59 Å². The topological polar surface area (TPSA) is 102 Å². The highest BCUT2D eigenvalue weighted by Gasteiger charge is 2.34. The average molecular weight is 348 g/mol. The molecule has 24 heavy (non-hydrogen) atoms. The van der Waals surface area contributed by atoms with Crippen molar-refractivity contribution in [3.8, 4) is 0 Å². The molecule has 4 N–H and O–H groups in total. The van der Waals surface area contributed by atoms with Crippen molar-refractivity contribution in [2.75, 3.05) is 18.4 Å². The van der Waals surface area contributed by atoms with E-state index >= 15 is 0 Å². The largest absolute Gasteiger partial charge is 0.366 e. The average Bonchev–Trinajstić information content (AvgIpc) is 3.15. The molecule has 0 unspecified atom stereocenters. The summed E-state index contributed by atoms with van der Waals surface area (Å²) in [6.45, 7) is 1.32. The Balaban J connectivity index is 1.74. The van der Waals surface area contributed by atoms with Crippen LogP contribution in [-0.2, 0) is 11.8 Å². The molecule has 126 valence electrons. The molecular formula is C16H18ClN5O2. The lowest BCUT2D eigenvalue weighted by Gasteiger charge is -2.17. The number of amides is 2. The molecule has 1 fully saturated rings. The Morgan fingerprint density at radius 3 is 2.83 bits per heavy atom. The number of aryl methyl sites for hydroxylation is 1. The summed E-state index contributed by atoms with van der Waals surface area (Å²) in [7, 11) is 1.85. The van der Waals surface area contributed by atoms with Gasteiger partial charge in [0.1, 0.15) is 0 Å². The van der Waals surface area contributed by atoms with Gasteiger partial charge in [0.05, 0.1) is 22.7 Å². The van der Waals surface area contributed by atoms with Crippen LogP contribution in [0.5, 0.6) is 0 Å². The Hall–Kier alpha value is -2.38. The minimum atomic E-state index is -0.602. The quantitative estimate of drug-likeness (QED) is 0.771. The van der Waals surface area contributed by atoms with Crippen LogP contribution in [-0.4, -0.2) is 34.7 Å². The van der Waals surface area contributed by atoms with Crippen LogP contribution in [0.25, 0.3) is 0 Å². The zero-order valence-corrected chi connectivity index (χ0v) is 13.9. The van der Waals surface area contributed by atoms with Crippen molar-refractivity contribution in [2.24, 2.45) is 18.7 Å². The first-order valence-electron chi connectivity index (χ1n) is 7.55. The van der Waals surface area contributed by atoms with Gasteiger partial charge in [-0.15, -0.1) is 0 Å². The number of halogens is 1. The number of carbonyl (C=O) groups is 2. The molecule has 2 heterocycles. The van der Waals surface area contributed by atoms with Gasteiger partial charge >= 0.3 is 0 Å². The lowest BCUT2D eigenvalue weighted by Crippen LogP contribution is -2.28. The first-order chi connectivity index (χ1) is 11.5.